The van der Waals surface area contributed by atoms with Gasteiger partial charge in [0.1, 0.15) is 12.1 Å². The molecule has 0 radical (unpaired) electrons. The molecule has 0 saturated carbocycles. The SMILES string of the molecule is [2H]CC(C)[C@](C)(N)C(=O)N[C@H](C(=O)N(C)[C@@H]([C@@H](C)CC)[C@@H](CC(=O)N1CCC[C@H]1[C@H](OC)[C@@H](C)C(=O)N[C@@H](Cc1ccccc1)C(=O)OC)OC)C(C)C. The highest BCUT2D eigenvalue weighted by Gasteiger charge is 2.44. The van der Waals surface area contributed by atoms with Crippen molar-refractivity contribution in [3.63, 3.8) is 0 Å². The van der Waals surface area contributed by atoms with Crippen molar-refractivity contribution < 1.29 is 39.6 Å². The molecule has 1 aliphatic rings. The molecule has 1 fully saturated rings. The second-order valence-corrected chi connectivity index (χ2v) is 15.2. The van der Waals surface area contributed by atoms with E-state index in [4.69, 9.17) is 21.3 Å². The van der Waals surface area contributed by atoms with E-state index in [0.29, 0.717) is 25.8 Å². The quantitative estimate of drug-likeness (QED) is 0.170. The van der Waals surface area contributed by atoms with Gasteiger partial charge in [-0.3, -0.25) is 19.2 Å². The molecule has 1 saturated heterocycles. The summed E-state index contributed by atoms with van der Waals surface area (Å²) in [6.45, 7) is 13.1. The molecule has 1 aromatic carbocycles. The molecule has 0 aromatic heterocycles. The van der Waals surface area contributed by atoms with Crippen LogP contribution >= 0.6 is 0 Å². The first-order chi connectivity index (χ1) is 25.4. The molecule has 300 valence electrons. The molecule has 4 N–H and O–H groups in total. The van der Waals surface area contributed by atoms with E-state index in [0.717, 1.165) is 5.56 Å². The van der Waals surface area contributed by atoms with Gasteiger partial charge in [0.05, 0.1) is 49.3 Å². The molecule has 13 nitrogen and oxygen atoms in total. The predicted molar refractivity (Wildman–Crippen MR) is 204 cm³/mol. The number of ether oxygens (including phenoxy) is 3. The number of nitrogens with zero attached hydrogens (tertiary/aromatic N) is 2. The van der Waals surface area contributed by atoms with Gasteiger partial charge in [0.2, 0.25) is 23.6 Å². The summed E-state index contributed by atoms with van der Waals surface area (Å²) >= 11 is 0. The van der Waals surface area contributed by atoms with Crippen LogP contribution in [0.4, 0.5) is 0 Å². The lowest BCUT2D eigenvalue weighted by molar-refractivity contribution is -0.149. The van der Waals surface area contributed by atoms with Crippen LogP contribution < -0.4 is 16.4 Å². The van der Waals surface area contributed by atoms with Crippen LogP contribution in [0.15, 0.2) is 30.3 Å². The van der Waals surface area contributed by atoms with Crippen LogP contribution in [0.5, 0.6) is 0 Å². The highest BCUT2D eigenvalue weighted by atomic mass is 16.5. The van der Waals surface area contributed by atoms with Crippen LogP contribution in [0.1, 0.15) is 88.0 Å². The van der Waals surface area contributed by atoms with E-state index in [9.17, 15) is 24.0 Å². The third-order valence-corrected chi connectivity index (χ3v) is 11.1. The predicted octanol–water partition coefficient (Wildman–Crippen LogP) is 3.32. The number of nitrogens with two attached hydrogens (primary N) is 1. The third kappa shape index (κ3) is 11.7. The number of methoxy groups -OCH3 is 3. The molecule has 53 heavy (non-hydrogen) atoms. The number of carbonyl (C=O) groups is 5. The fourth-order valence-electron chi connectivity index (χ4n) is 7.05. The second-order valence-electron chi connectivity index (χ2n) is 15.2. The second kappa shape index (κ2) is 20.8. The first-order valence-electron chi connectivity index (χ1n) is 19.5. The number of hydrogen-bond donors (Lipinski definition) is 3. The van der Waals surface area contributed by atoms with Gasteiger partial charge in [0.25, 0.3) is 0 Å². The van der Waals surface area contributed by atoms with Crippen LogP contribution in [0.25, 0.3) is 0 Å². The number of likely N-dealkylation sites (tertiary alicyclic amines) is 1. The maximum atomic E-state index is 14.2. The fraction of sp³-hybridized carbons (Fsp3) is 0.725. The molecule has 1 heterocycles. The Balaban J connectivity index is 2.29. The number of likely N-dealkylation sites (N-methyl/N-ethyl adjacent to an activating group) is 1. The van der Waals surface area contributed by atoms with Gasteiger partial charge in [0.15, 0.2) is 0 Å². The van der Waals surface area contributed by atoms with Gasteiger partial charge in [-0.2, -0.15) is 0 Å². The van der Waals surface area contributed by atoms with Gasteiger partial charge in [-0.1, -0.05) is 85.2 Å². The van der Waals surface area contributed by atoms with Crippen LogP contribution in [-0.4, -0.2) is 116 Å². The van der Waals surface area contributed by atoms with Gasteiger partial charge < -0.3 is 40.4 Å². The van der Waals surface area contributed by atoms with Gasteiger partial charge in [0, 0.05) is 35.6 Å². The zero-order chi connectivity index (χ0) is 40.9. The summed E-state index contributed by atoms with van der Waals surface area (Å²) in [6, 6.07) is 6.61. The lowest BCUT2D eigenvalue weighted by Crippen LogP contribution is -2.62. The fourth-order valence-corrected chi connectivity index (χ4v) is 7.05. The average Bonchev–Trinajstić information content (AvgIpc) is 3.65. The van der Waals surface area contributed by atoms with Gasteiger partial charge in [-0.25, -0.2) is 4.79 Å². The Kier molecular flexibility index (Phi) is 17.2. The smallest absolute Gasteiger partial charge is 0.328 e. The summed E-state index contributed by atoms with van der Waals surface area (Å²) in [5, 5.41) is 5.70. The number of benzene rings is 1. The molecule has 0 spiro atoms. The number of hydrogen-bond acceptors (Lipinski definition) is 9. The Labute approximate surface area is 318 Å². The zero-order valence-electron chi connectivity index (χ0n) is 34.8. The molecule has 2 rings (SSSR count). The van der Waals surface area contributed by atoms with Gasteiger partial charge >= 0.3 is 5.97 Å². The first-order valence-corrected chi connectivity index (χ1v) is 18.8. The zero-order valence-corrected chi connectivity index (χ0v) is 33.8. The van der Waals surface area contributed by atoms with E-state index >= 15 is 0 Å². The van der Waals surface area contributed by atoms with Crippen molar-refractivity contribution in [3.8, 4) is 0 Å². The van der Waals surface area contributed by atoms with Crippen LogP contribution in [0.3, 0.4) is 0 Å². The number of nitrogens with one attached hydrogen (secondary N) is 2. The van der Waals surface area contributed by atoms with E-state index in [1.54, 1.807) is 37.6 Å². The molecule has 10 atom stereocenters. The molecule has 1 unspecified atom stereocenters. The molecule has 1 aliphatic heterocycles. The Hall–Kier alpha value is -3.55. The van der Waals surface area contributed by atoms with Crippen molar-refractivity contribution in [2.24, 2.45) is 29.4 Å². The Morgan fingerprint density at radius 1 is 1.04 bits per heavy atom. The molecular weight excluding hydrogens is 678 g/mol. The van der Waals surface area contributed by atoms with E-state index in [2.05, 4.69) is 10.6 Å². The van der Waals surface area contributed by atoms with Crippen LogP contribution in [-0.2, 0) is 44.6 Å². The maximum Gasteiger partial charge on any atom is 0.328 e. The highest BCUT2D eigenvalue weighted by molar-refractivity contribution is 5.92. The minimum Gasteiger partial charge on any atom is -0.467 e. The van der Waals surface area contributed by atoms with Crippen molar-refractivity contribution >= 4 is 29.6 Å². The Morgan fingerprint density at radius 3 is 2.21 bits per heavy atom. The van der Waals surface area contributed by atoms with Crippen molar-refractivity contribution in [1.82, 2.24) is 20.4 Å². The Bertz CT molecular complexity index is 1380. The summed E-state index contributed by atoms with van der Waals surface area (Å²) in [5.41, 5.74) is 5.85. The van der Waals surface area contributed by atoms with Crippen LogP contribution in [0, 0.1) is 23.7 Å². The van der Waals surface area contributed by atoms with Gasteiger partial charge in [-0.05, 0) is 43.1 Å². The molecular formula is C40H67N5O8. The summed E-state index contributed by atoms with van der Waals surface area (Å²) in [5.74, 6) is -3.48. The first kappa shape index (κ1) is 43.9. The third-order valence-electron chi connectivity index (χ3n) is 11.1. The summed E-state index contributed by atoms with van der Waals surface area (Å²) in [4.78, 5) is 71.3. The lowest BCUT2D eigenvalue weighted by atomic mass is 9.87. The van der Waals surface area contributed by atoms with E-state index in [-0.39, 0.29) is 43.4 Å². The summed E-state index contributed by atoms with van der Waals surface area (Å²) in [7, 11) is 5.99. The summed E-state index contributed by atoms with van der Waals surface area (Å²) in [6.07, 6.45) is 0.899. The monoisotopic (exact) mass is 747 g/mol. The Morgan fingerprint density at radius 2 is 1.68 bits per heavy atom. The van der Waals surface area contributed by atoms with Crippen LogP contribution in [0.2, 0.25) is 0 Å². The molecule has 1 aromatic rings. The summed E-state index contributed by atoms with van der Waals surface area (Å²) < 4.78 is 24.6. The van der Waals surface area contributed by atoms with E-state index < -0.39 is 71.5 Å². The number of amides is 4. The number of carbonyl (C=O) groups excluding carboxylic acids is 5. The molecule has 4 amide bonds. The minimum atomic E-state index is -1.35. The van der Waals surface area contributed by atoms with Crippen molar-refractivity contribution in [1.29, 1.82) is 0 Å². The molecule has 0 aliphatic carbocycles. The number of esters is 1. The largest absolute Gasteiger partial charge is 0.467 e. The normalized spacial score (nSPS) is 20.4. The topological polar surface area (TPSA) is 170 Å². The van der Waals surface area contributed by atoms with Gasteiger partial charge in [-0.15, -0.1) is 0 Å². The van der Waals surface area contributed by atoms with E-state index in [1.807, 2.05) is 58.0 Å². The van der Waals surface area contributed by atoms with Crippen molar-refractivity contribution in [3.05, 3.63) is 35.9 Å². The standard InChI is InChI=1S/C40H67N5O8/c1-13-26(6)34(44(9)37(48)33(24(2)3)43-39(50)40(8,41)25(4)5)31(51-10)23-32(46)45-21-17-20-30(45)35(52-11)27(7)36(47)42-29(38(49)53-12)22-28-18-15-14-16-19-28/h14-16,18-19,24-27,29-31,33-35H,13,17,20-23,41H2,1-12H3,(H,42,47)(H,43,50)/t26-,27+,29-,30-,31+,33-,34-,35+,40-/m0/s1/i4D/t25?,26-,27+,29-,30-,31+,33-,34-,35+,40-. The van der Waals surface area contributed by atoms with Crippen molar-refractivity contribution in [2.75, 3.05) is 34.9 Å². The maximum absolute atomic E-state index is 14.2. The number of rotatable bonds is 20. The van der Waals surface area contributed by atoms with E-state index in [1.165, 1.54) is 21.3 Å². The lowest BCUT2D eigenvalue weighted by Gasteiger charge is -2.41. The van der Waals surface area contributed by atoms with Crippen molar-refractivity contribution in [2.45, 2.75) is 129 Å². The minimum absolute atomic E-state index is 0.0290. The molecule has 13 heteroatoms. The average molecular weight is 747 g/mol. The molecule has 0 bridgehead atoms. The highest BCUT2D eigenvalue weighted by Crippen LogP contribution is 2.30.